The molecule has 1 heterocycles. The van der Waals surface area contributed by atoms with Crippen LogP contribution in [-0.4, -0.2) is 31.1 Å². The fraction of sp³-hybridized carbons (Fsp3) is 0.500. The van der Waals surface area contributed by atoms with Crippen molar-refractivity contribution < 1.29 is 4.42 Å². The smallest absolute Gasteiger partial charge is 0.134 e. The molecule has 1 atom stereocenters. The molecule has 0 aliphatic carbocycles. The van der Waals surface area contributed by atoms with Crippen molar-refractivity contribution >= 4 is 11.0 Å². The number of hydrogen-bond donors (Lipinski definition) is 1. The van der Waals surface area contributed by atoms with Crippen LogP contribution in [0.3, 0.4) is 0 Å². The predicted molar refractivity (Wildman–Crippen MR) is 80.4 cm³/mol. The first kappa shape index (κ1) is 14.1. The van der Waals surface area contributed by atoms with Crippen molar-refractivity contribution in [1.29, 1.82) is 0 Å². The standard InChI is InChI=1S/C16H24N2O/c1-5-18(12(2)3)11-14(17-4)16-10-13-8-6-7-9-15(13)19-16/h6-10,12,14,17H,5,11H2,1-4H3. The number of hydrogen-bond acceptors (Lipinski definition) is 3. The second-order valence-corrected chi connectivity index (χ2v) is 5.21. The molecule has 0 aliphatic heterocycles. The minimum absolute atomic E-state index is 0.231. The van der Waals surface area contributed by atoms with Gasteiger partial charge in [-0.2, -0.15) is 0 Å². The summed E-state index contributed by atoms with van der Waals surface area (Å²) in [7, 11) is 1.99. The van der Waals surface area contributed by atoms with E-state index in [0.717, 1.165) is 24.4 Å². The van der Waals surface area contributed by atoms with Gasteiger partial charge in [0.25, 0.3) is 0 Å². The lowest BCUT2D eigenvalue weighted by Crippen LogP contribution is -2.37. The lowest BCUT2D eigenvalue weighted by atomic mass is 10.1. The first-order valence-electron chi connectivity index (χ1n) is 7.05. The highest BCUT2D eigenvalue weighted by molar-refractivity contribution is 5.77. The van der Waals surface area contributed by atoms with Gasteiger partial charge in [-0.05, 0) is 39.6 Å². The van der Waals surface area contributed by atoms with E-state index >= 15 is 0 Å². The van der Waals surface area contributed by atoms with Gasteiger partial charge in [0, 0.05) is 18.0 Å². The van der Waals surface area contributed by atoms with Gasteiger partial charge in [-0.25, -0.2) is 0 Å². The van der Waals surface area contributed by atoms with Gasteiger partial charge in [0.15, 0.2) is 0 Å². The van der Waals surface area contributed by atoms with Crippen LogP contribution in [-0.2, 0) is 0 Å². The number of para-hydroxylation sites is 1. The maximum atomic E-state index is 5.96. The molecule has 1 aromatic heterocycles. The van der Waals surface area contributed by atoms with E-state index in [-0.39, 0.29) is 6.04 Å². The molecule has 0 bridgehead atoms. The highest BCUT2D eigenvalue weighted by Gasteiger charge is 2.19. The van der Waals surface area contributed by atoms with Gasteiger partial charge in [0.2, 0.25) is 0 Å². The van der Waals surface area contributed by atoms with Gasteiger partial charge >= 0.3 is 0 Å². The highest BCUT2D eigenvalue weighted by Crippen LogP contribution is 2.24. The summed E-state index contributed by atoms with van der Waals surface area (Å²) in [5, 5.41) is 4.54. The second kappa shape index (κ2) is 6.22. The molecule has 3 heteroatoms. The molecule has 0 spiro atoms. The maximum Gasteiger partial charge on any atom is 0.134 e. The highest BCUT2D eigenvalue weighted by atomic mass is 16.3. The quantitative estimate of drug-likeness (QED) is 0.862. The molecule has 0 saturated carbocycles. The number of benzene rings is 1. The fourth-order valence-corrected chi connectivity index (χ4v) is 2.44. The summed E-state index contributed by atoms with van der Waals surface area (Å²) in [5.74, 6) is 1.02. The average molecular weight is 260 g/mol. The third kappa shape index (κ3) is 3.17. The Morgan fingerprint density at radius 3 is 2.58 bits per heavy atom. The zero-order chi connectivity index (χ0) is 13.8. The molecule has 104 valence electrons. The van der Waals surface area contributed by atoms with Crippen LogP contribution in [0, 0.1) is 0 Å². The number of nitrogens with one attached hydrogen (secondary N) is 1. The molecule has 3 nitrogen and oxygen atoms in total. The molecule has 1 N–H and O–H groups in total. The van der Waals surface area contributed by atoms with Crippen LogP contribution in [0.15, 0.2) is 34.7 Å². The monoisotopic (exact) mass is 260 g/mol. The van der Waals surface area contributed by atoms with Crippen molar-refractivity contribution in [3.05, 3.63) is 36.1 Å². The number of rotatable bonds is 6. The van der Waals surface area contributed by atoms with E-state index in [1.54, 1.807) is 0 Å². The molecule has 1 unspecified atom stereocenters. The minimum atomic E-state index is 0.231. The van der Waals surface area contributed by atoms with Crippen molar-refractivity contribution in [2.45, 2.75) is 32.9 Å². The Morgan fingerprint density at radius 2 is 2.00 bits per heavy atom. The van der Waals surface area contributed by atoms with E-state index in [0.29, 0.717) is 6.04 Å². The Balaban J connectivity index is 2.21. The van der Waals surface area contributed by atoms with Gasteiger partial charge < -0.3 is 9.73 Å². The van der Waals surface area contributed by atoms with Crippen molar-refractivity contribution in [1.82, 2.24) is 10.2 Å². The van der Waals surface area contributed by atoms with E-state index in [1.807, 2.05) is 25.2 Å². The van der Waals surface area contributed by atoms with Crippen LogP contribution >= 0.6 is 0 Å². The van der Waals surface area contributed by atoms with E-state index < -0.39 is 0 Å². The molecule has 1 aromatic carbocycles. The number of nitrogens with zero attached hydrogens (tertiary/aromatic N) is 1. The van der Waals surface area contributed by atoms with Crippen molar-refractivity contribution in [3.8, 4) is 0 Å². The molecular weight excluding hydrogens is 236 g/mol. The van der Waals surface area contributed by atoms with Crippen LogP contribution in [0.2, 0.25) is 0 Å². The van der Waals surface area contributed by atoms with Crippen LogP contribution in [0.25, 0.3) is 11.0 Å². The van der Waals surface area contributed by atoms with Gasteiger partial charge in [0.1, 0.15) is 11.3 Å². The average Bonchev–Trinajstić information content (AvgIpc) is 2.83. The molecule has 0 saturated heterocycles. The molecule has 0 fully saturated rings. The number of fused-ring (bicyclic) bond motifs is 1. The van der Waals surface area contributed by atoms with Crippen molar-refractivity contribution in [2.75, 3.05) is 20.1 Å². The Labute approximate surface area is 115 Å². The van der Waals surface area contributed by atoms with Crippen molar-refractivity contribution in [2.24, 2.45) is 0 Å². The lowest BCUT2D eigenvalue weighted by Gasteiger charge is -2.28. The molecule has 0 amide bonds. The summed E-state index contributed by atoms with van der Waals surface area (Å²) >= 11 is 0. The third-order valence-electron chi connectivity index (χ3n) is 3.69. The first-order chi connectivity index (χ1) is 9.15. The molecule has 2 aromatic rings. The summed E-state index contributed by atoms with van der Waals surface area (Å²) in [6.45, 7) is 8.68. The molecule has 19 heavy (non-hydrogen) atoms. The summed E-state index contributed by atoms with van der Waals surface area (Å²) < 4.78 is 5.96. The Morgan fingerprint density at radius 1 is 1.26 bits per heavy atom. The largest absolute Gasteiger partial charge is 0.459 e. The van der Waals surface area contributed by atoms with Crippen molar-refractivity contribution in [3.63, 3.8) is 0 Å². The normalized spacial score (nSPS) is 13.6. The Kier molecular flexibility index (Phi) is 4.61. The molecule has 0 aliphatic rings. The van der Waals surface area contributed by atoms with Crippen LogP contribution < -0.4 is 5.32 Å². The zero-order valence-corrected chi connectivity index (χ0v) is 12.3. The topological polar surface area (TPSA) is 28.4 Å². The summed E-state index contributed by atoms with van der Waals surface area (Å²) in [6, 6.07) is 11.1. The van der Waals surface area contributed by atoms with E-state index in [9.17, 15) is 0 Å². The zero-order valence-electron chi connectivity index (χ0n) is 12.3. The lowest BCUT2D eigenvalue weighted by molar-refractivity contribution is 0.202. The minimum Gasteiger partial charge on any atom is -0.459 e. The molecular formula is C16H24N2O. The second-order valence-electron chi connectivity index (χ2n) is 5.21. The summed E-state index contributed by atoms with van der Waals surface area (Å²) in [4.78, 5) is 2.44. The Hall–Kier alpha value is -1.32. The summed E-state index contributed by atoms with van der Waals surface area (Å²) in [6.07, 6.45) is 0. The first-order valence-corrected chi connectivity index (χ1v) is 7.05. The molecule has 0 radical (unpaired) electrons. The van der Waals surface area contributed by atoms with Gasteiger partial charge in [-0.15, -0.1) is 0 Å². The third-order valence-corrected chi connectivity index (χ3v) is 3.69. The van der Waals surface area contributed by atoms with E-state index in [2.05, 4.69) is 43.1 Å². The molecule has 2 rings (SSSR count). The predicted octanol–water partition coefficient (Wildman–Crippen LogP) is 3.42. The number of likely N-dealkylation sites (N-methyl/N-ethyl adjacent to an activating group) is 2. The van der Waals surface area contributed by atoms with Crippen LogP contribution in [0.4, 0.5) is 0 Å². The maximum absolute atomic E-state index is 5.96. The fourth-order valence-electron chi connectivity index (χ4n) is 2.44. The van der Waals surface area contributed by atoms with E-state index in [4.69, 9.17) is 4.42 Å². The summed E-state index contributed by atoms with van der Waals surface area (Å²) in [5.41, 5.74) is 0.963. The van der Waals surface area contributed by atoms with Gasteiger partial charge in [-0.1, -0.05) is 25.1 Å². The SMILES string of the molecule is CCN(CC(NC)c1cc2ccccc2o1)C(C)C. The number of furan rings is 1. The van der Waals surface area contributed by atoms with Crippen LogP contribution in [0.1, 0.15) is 32.6 Å². The van der Waals surface area contributed by atoms with Gasteiger partial charge in [-0.3, -0.25) is 4.90 Å². The Bertz CT molecular complexity index is 485. The van der Waals surface area contributed by atoms with Gasteiger partial charge in [0.05, 0.1) is 6.04 Å². The van der Waals surface area contributed by atoms with E-state index in [1.165, 1.54) is 5.39 Å². The van der Waals surface area contributed by atoms with Crippen LogP contribution in [0.5, 0.6) is 0 Å².